The zero-order chi connectivity index (χ0) is 8.43. The van der Waals surface area contributed by atoms with E-state index in [4.69, 9.17) is 0 Å². The molecule has 0 aliphatic heterocycles. The molecule has 0 saturated heterocycles. The molecule has 1 radical (unpaired) electrons. The molecule has 11 heavy (non-hydrogen) atoms. The van der Waals surface area contributed by atoms with Gasteiger partial charge >= 0.3 is 0 Å². The van der Waals surface area contributed by atoms with E-state index >= 15 is 0 Å². The molecule has 0 bridgehead atoms. The van der Waals surface area contributed by atoms with E-state index < -0.39 is 6.10 Å². The molecule has 1 heterocycles. The highest BCUT2D eigenvalue weighted by atomic mass is 16.3. The van der Waals surface area contributed by atoms with Crippen LogP contribution in [0.3, 0.4) is 0 Å². The van der Waals surface area contributed by atoms with Crippen molar-refractivity contribution in [2.24, 2.45) is 0 Å². The number of nitrogens with zero attached hydrogens (tertiary/aromatic N) is 2. The summed E-state index contributed by atoms with van der Waals surface area (Å²) in [6.45, 7) is 7.17. The molecule has 1 aromatic rings. The lowest BCUT2D eigenvalue weighted by molar-refractivity contribution is 0.223. The summed E-state index contributed by atoms with van der Waals surface area (Å²) in [5.41, 5.74) is 2.31. The normalized spacial score (nSPS) is 13.1. The van der Waals surface area contributed by atoms with Crippen molar-refractivity contribution in [3.05, 3.63) is 30.2 Å². The smallest absolute Gasteiger partial charge is 0.115 e. The fourth-order valence-electron chi connectivity index (χ4n) is 1.09. The van der Waals surface area contributed by atoms with Crippen LogP contribution in [-0.2, 0) is 0 Å². The van der Waals surface area contributed by atoms with E-state index in [2.05, 4.69) is 16.9 Å². The minimum atomic E-state index is -0.726. The van der Waals surface area contributed by atoms with Gasteiger partial charge in [0.05, 0.1) is 6.10 Å². The second kappa shape index (κ2) is 2.96. The molecule has 1 N–H and O–H groups in total. The van der Waals surface area contributed by atoms with Gasteiger partial charge in [-0.05, 0) is 20.8 Å². The van der Waals surface area contributed by atoms with Crippen molar-refractivity contribution < 1.29 is 5.11 Å². The van der Waals surface area contributed by atoms with Gasteiger partial charge in [0.1, 0.15) is 6.33 Å². The van der Waals surface area contributed by atoms with Gasteiger partial charge < -0.3 is 5.11 Å². The first-order valence-electron chi connectivity index (χ1n) is 3.42. The number of aliphatic hydroxyl groups is 1. The predicted molar refractivity (Wildman–Crippen MR) is 41.8 cm³/mol. The average Bonchev–Trinajstić information content (AvgIpc) is 1.85. The maximum atomic E-state index is 9.19. The summed E-state index contributed by atoms with van der Waals surface area (Å²) >= 11 is 0. The molecule has 1 rings (SSSR count). The predicted octanol–water partition coefficient (Wildman–Crippen LogP) is 0.961. The van der Waals surface area contributed by atoms with Gasteiger partial charge in [-0.3, -0.25) is 0 Å². The molecular formula is C8H11N2O. The van der Waals surface area contributed by atoms with Crippen molar-refractivity contribution in [3.63, 3.8) is 0 Å². The SMILES string of the molecule is [CH2]C(O)c1c(C)ncnc1C. The van der Waals surface area contributed by atoms with E-state index in [-0.39, 0.29) is 0 Å². The second-order valence-corrected chi connectivity index (χ2v) is 2.47. The van der Waals surface area contributed by atoms with Crippen LogP contribution in [-0.4, -0.2) is 15.1 Å². The summed E-state index contributed by atoms with van der Waals surface area (Å²) in [7, 11) is 0. The van der Waals surface area contributed by atoms with Gasteiger partial charge in [-0.15, -0.1) is 0 Å². The van der Waals surface area contributed by atoms with Crippen molar-refractivity contribution in [3.8, 4) is 0 Å². The maximum Gasteiger partial charge on any atom is 0.115 e. The molecule has 3 nitrogen and oxygen atoms in total. The molecule has 0 aliphatic carbocycles. The second-order valence-electron chi connectivity index (χ2n) is 2.47. The minimum Gasteiger partial charge on any atom is -0.388 e. The van der Waals surface area contributed by atoms with Crippen LogP contribution in [0, 0.1) is 20.8 Å². The summed E-state index contributed by atoms with van der Waals surface area (Å²) in [4.78, 5) is 7.90. The summed E-state index contributed by atoms with van der Waals surface area (Å²) < 4.78 is 0. The van der Waals surface area contributed by atoms with Crippen LogP contribution in [0.5, 0.6) is 0 Å². The van der Waals surface area contributed by atoms with Crippen LogP contribution in [0.25, 0.3) is 0 Å². The Labute approximate surface area is 66.1 Å². The third-order valence-electron chi connectivity index (χ3n) is 1.62. The third kappa shape index (κ3) is 1.54. The molecule has 0 aliphatic rings. The van der Waals surface area contributed by atoms with Crippen LogP contribution in [0.4, 0.5) is 0 Å². The van der Waals surface area contributed by atoms with Crippen molar-refractivity contribution in [2.75, 3.05) is 0 Å². The number of aromatic nitrogens is 2. The van der Waals surface area contributed by atoms with E-state index in [1.54, 1.807) is 0 Å². The Kier molecular flexibility index (Phi) is 2.19. The molecule has 0 saturated carbocycles. The lowest BCUT2D eigenvalue weighted by Gasteiger charge is -2.09. The van der Waals surface area contributed by atoms with Gasteiger partial charge in [-0.25, -0.2) is 9.97 Å². The quantitative estimate of drug-likeness (QED) is 0.650. The summed E-state index contributed by atoms with van der Waals surface area (Å²) in [6.07, 6.45) is 0.757. The highest BCUT2D eigenvalue weighted by Crippen LogP contribution is 2.16. The van der Waals surface area contributed by atoms with Crippen molar-refractivity contribution in [1.29, 1.82) is 0 Å². The molecule has 0 aromatic carbocycles. The van der Waals surface area contributed by atoms with Gasteiger partial charge in [0.25, 0.3) is 0 Å². The van der Waals surface area contributed by atoms with Gasteiger partial charge in [0, 0.05) is 17.0 Å². The fraction of sp³-hybridized carbons (Fsp3) is 0.375. The van der Waals surface area contributed by atoms with Crippen LogP contribution < -0.4 is 0 Å². The third-order valence-corrected chi connectivity index (χ3v) is 1.62. The molecule has 0 fully saturated rings. The maximum absolute atomic E-state index is 9.19. The highest BCUT2D eigenvalue weighted by Gasteiger charge is 2.08. The topological polar surface area (TPSA) is 46.0 Å². The zero-order valence-corrected chi connectivity index (χ0v) is 6.70. The summed E-state index contributed by atoms with van der Waals surface area (Å²) in [5.74, 6) is 0. The molecule has 59 valence electrons. The number of aliphatic hydroxyl groups excluding tert-OH is 1. The van der Waals surface area contributed by atoms with Crippen LogP contribution in [0.2, 0.25) is 0 Å². The summed E-state index contributed by atoms with van der Waals surface area (Å²) in [6, 6.07) is 0. The minimum absolute atomic E-state index is 0.726. The van der Waals surface area contributed by atoms with Crippen LogP contribution in [0.1, 0.15) is 23.1 Å². The van der Waals surface area contributed by atoms with E-state index in [0.29, 0.717) is 0 Å². The first-order valence-corrected chi connectivity index (χ1v) is 3.42. The Hall–Kier alpha value is -0.960. The first kappa shape index (κ1) is 8.14. The zero-order valence-electron chi connectivity index (χ0n) is 6.70. The highest BCUT2D eigenvalue weighted by molar-refractivity contribution is 5.25. The standard InChI is InChI=1S/C8H11N2O/c1-5-8(7(3)11)6(2)10-4-9-5/h4,7,11H,3H2,1-2H3. The van der Waals surface area contributed by atoms with Gasteiger partial charge in [-0.2, -0.15) is 0 Å². The van der Waals surface area contributed by atoms with Gasteiger partial charge in [0.15, 0.2) is 0 Å². The van der Waals surface area contributed by atoms with Crippen LogP contribution >= 0.6 is 0 Å². The Balaban J connectivity index is 3.21. The molecule has 1 atom stereocenters. The van der Waals surface area contributed by atoms with E-state index in [9.17, 15) is 5.11 Å². The van der Waals surface area contributed by atoms with E-state index in [1.807, 2.05) is 13.8 Å². The lowest BCUT2D eigenvalue weighted by Crippen LogP contribution is -2.02. The van der Waals surface area contributed by atoms with Crippen molar-refractivity contribution >= 4 is 0 Å². The average molecular weight is 151 g/mol. The number of hydrogen-bond acceptors (Lipinski definition) is 3. The number of aryl methyl sites for hydroxylation is 2. The molecule has 3 heteroatoms. The Morgan fingerprint density at radius 1 is 1.36 bits per heavy atom. The van der Waals surface area contributed by atoms with E-state index in [1.165, 1.54) is 6.33 Å². The molecule has 0 amide bonds. The molecule has 1 unspecified atom stereocenters. The van der Waals surface area contributed by atoms with Gasteiger partial charge in [-0.1, -0.05) is 0 Å². The number of hydrogen-bond donors (Lipinski definition) is 1. The van der Waals surface area contributed by atoms with E-state index in [0.717, 1.165) is 17.0 Å². The first-order chi connectivity index (χ1) is 5.13. The Bertz CT molecular complexity index is 238. The fourth-order valence-corrected chi connectivity index (χ4v) is 1.09. The Morgan fingerprint density at radius 3 is 2.09 bits per heavy atom. The lowest BCUT2D eigenvalue weighted by atomic mass is 10.1. The molecular weight excluding hydrogens is 140 g/mol. The Morgan fingerprint density at radius 2 is 1.82 bits per heavy atom. The number of rotatable bonds is 1. The molecule has 0 spiro atoms. The monoisotopic (exact) mass is 151 g/mol. The van der Waals surface area contributed by atoms with Crippen LogP contribution in [0.15, 0.2) is 6.33 Å². The summed E-state index contributed by atoms with van der Waals surface area (Å²) in [5, 5.41) is 9.19. The largest absolute Gasteiger partial charge is 0.388 e. The van der Waals surface area contributed by atoms with Gasteiger partial charge in [0.2, 0.25) is 0 Å². The van der Waals surface area contributed by atoms with Crippen molar-refractivity contribution in [2.45, 2.75) is 20.0 Å². The van der Waals surface area contributed by atoms with Crippen molar-refractivity contribution in [1.82, 2.24) is 9.97 Å². The molecule has 1 aromatic heterocycles.